The summed E-state index contributed by atoms with van der Waals surface area (Å²) in [7, 11) is 2.00. The van der Waals surface area contributed by atoms with Crippen LogP contribution in [0.15, 0.2) is 0 Å². The average molecular weight is 48.8 g/mol. The van der Waals surface area contributed by atoms with Crippen LogP contribution in [-0.2, 0) is 0 Å². The Morgan fingerprint density at radius 3 is 1.50 bits per heavy atom. The van der Waals surface area contributed by atoms with Crippen LogP contribution in [-0.4, -0.2) is 7.28 Å². The molecule has 0 aliphatic carbocycles. The average Bonchev–Trinajstić information content (AvgIpc) is 0.918. The van der Waals surface area contributed by atoms with Crippen LogP contribution in [0.5, 0.6) is 0 Å². The fourth-order valence-corrected chi connectivity index (χ4v) is 0. The van der Waals surface area contributed by atoms with Crippen LogP contribution in [0.3, 0.4) is 0 Å². The Labute approximate surface area is 41.9 Å². The largest absolute Gasteiger partial charge is 1.00 e. The van der Waals surface area contributed by atoms with Gasteiger partial charge in [0.1, 0.15) is 7.28 Å². The van der Waals surface area contributed by atoms with Gasteiger partial charge in [0.2, 0.25) is 0 Å². The van der Waals surface area contributed by atoms with E-state index in [0.29, 0.717) is 0 Å². The third-order valence-electron chi connectivity index (χ3n) is 0. The summed E-state index contributed by atoms with van der Waals surface area (Å²) in [6.45, 7) is 4.00. The third kappa shape index (κ3) is 16.8. The Bertz CT molecular complexity index is 9.61. The second-order valence-electron chi connectivity index (χ2n) is 0.577. The molecule has 2 heteroatoms. The first kappa shape index (κ1) is 8.82. The number of hydrogen-bond acceptors (Lipinski definition) is 0. The van der Waals surface area contributed by atoms with Gasteiger partial charge in [-0.1, -0.05) is 13.6 Å². The van der Waals surface area contributed by atoms with Crippen molar-refractivity contribution in [2.75, 3.05) is 0 Å². The molecule has 0 heterocycles. The summed E-state index contributed by atoms with van der Waals surface area (Å²) in [4.78, 5) is 0. The van der Waals surface area contributed by atoms with Gasteiger partial charge in [-0.25, -0.2) is 0 Å². The summed E-state index contributed by atoms with van der Waals surface area (Å²) >= 11 is 0. The van der Waals surface area contributed by atoms with E-state index in [1.807, 2.05) is 20.9 Å². The van der Waals surface area contributed by atoms with Gasteiger partial charge >= 0.3 is 18.9 Å². The molecule has 0 aliphatic heterocycles. The van der Waals surface area contributed by atoms with Gasteiger partial charge < -0.3 is 1.43 Å². The monoisotopic (exact) mass is 49.1 g/mol. The molecule has 0 aromatic carbocycles. The Morgan fingerprint density at radius 1 is 1.50 bits per heavy atom. The normalized spacial score (nSPS) is 3.50. The van der Waals surface area contributed by atoms with Crippen LogP contribution < -0.4 is 18.9 Å². The molecule has 19 valence electrons. The van der Waals surface area contributed by atoms with Crippen LogP contribution in [0.2, 0.25) is 13.6 Å². The molecule has 0 rings (SSSR count). The summed E-state index contributed by atoms with van der Waals surface area (Å²) in [5.74, 6) is 0. The smallest absolute Gasteiger partial charge is 1.00 e. The van der Waals surface area contributed by atoms with E-state index in [9.17, 15) is 0 Å². The van der Waals surface area contributed by atoms with E-state index in [4.69, 9.17) is 0 Å². The Morgan fingerprint density at radius 2 is 1.50 bits per heavy atom. The summed E-state index contributed by atoms with van der Waals surface area (Å²) in [6, 6.07) is 0. The topological polar surface area (TPSA) is 0 Å². The molecule has 4 heavy (non-hydrogen) atoms. The summed E-state index contributed by atoms with van der Waals surface area (Å²) in [5.41, 5.74) is 0. The quantitative estimate of drug-likeness (QED) is 0.275. The molecule has 0 unspecified atom stereocenters. The van der Waals surface area contributed by atoms with Gasteiger partial charge in [-0.2, -0.15) is 0 Å². The minimum Gasteiger partial charge on any atom is -1.00 e. The van der Waals surface area contributed by atoms with Crippen molar-refractivity contribution in [2.24, 2.45) is 0 Å². The first-order chi connectivity index (χ1) is 1.41. The van der Waals surface area contributed by atoms with Crippen LogP contribution >= 0.6 is 0 Å². The van der Waals surface area contributed by atoms with Gasteiger partial charge in [0.25, 0.3) is 0 Å². The van der Waals surface area contributed by atoms with Crippen molar-refractivity contribution in [1.82, 2.24) is 0 Å². The molecule has 0 amide bonds. The van der Waals surface area contributed by atoms with Gasteiger partial charge in [0, 0.05) is 0 Å². The molecule has 0 spiro atoms. The fourth-order valence-electron chi connectivity index (χ4n) is 0. The zero-order valence-electron chi connectivity index (χ0n) is 4.58. The molecule has 0 aromatic heterocycles. The van der Waals surface area contributed by atoms with Gasteiger partial charge in [-0.05, 0) is 0 Å². The minimum atomic E-state index is 0. The predicted molar refractivity (Wildman–Crippen MR) is 18.6 cm³/mol. The van der Waals surface area contributed by atoms with Crippen LogP contribution in [0, 0.1) is 0 Å². The van der Waals surface area contributed by atoms with E-state index in [2.05, 4.69) is 0 Å². The van der Waals surface area contributed by atoms with Crippen molar-refractivity contribution in [3.63, 3.8) is 0 Å². The van der Waals surface area contributed by atoms with Crippen molar-refractivity contribution < 1.29 is 20.3 Å². The molecule has 0 N–H and O–H groups in total. The Hall–Kier alpha value is 0.662. The molecular formula is C2H7BLi. The maximum atomic E-state index is 2.00. The SMILES string of the molecule is C[B]C.[H-].[Li+]. The van der Waals surface area contributed by atoms with Gasteiger partial charge in [-0.15, -0.1) is 0 Å². The zero-order valence-corrected chi connectivity index (χ0v) is 3.58. The van der Waals surface area contributed by atoms with Gasteiger partial charge in [-0.3, -0.25) is 0 Å². The molecule has 0 nitrogen and oxygen atoms in total. The standard InChI is InChI=1S/C2H6B.Li.H/c1-3-2;;/h1-2H3;;/q;+1;-1. The van der Waals surface area contributed by atoms with Gasteiger partial charge in [0.05, 0.1) is 0 Å². The molecule has 0 aromatic rings. The Balaban J connectivity index is -0.0000000200. The van der Waals surface area contributed by atoms with Crippen molar-refractivity contribution >= 4 is 7.28 Å². The van der Waals surface area contributed by atoms with E-state index in [1.54, 1.807) is 0 Å². The van der Waals surface area contributed by atoms with E-state index < -0.39 is 0 Å². The van der Waals surface area contributed by atoms with E-state index >= 15 is 0 Å². The van der Waals surface area contributed by atoms with E-state index in [1.165, 1.54) is 0 Å². The first-order valence-electron chi connectivity index (χ1n) is 1.15. The van der Waals surface area contributed by atoms with Crippen molar-refractivity contribution in [1.29, 1.82) is 0 Å². The number of rotatable bonds is 0. The molecule has 0 fully saturated rings. The summed E-state index contributed by atoms with van der Waals surface area (Å²) in [6.07, 6.45) is 0. The molecular weight excluding hydrogens is 41.8 g/mol. The second kappa shape index (κ2) is 9.39. The molecule has 0 bridgehead atoms. The first-order valence-corrected chi connectivity index (χ1v) is 1.15. The Kier molecular flexibility index (Phi) is 20.7. The summed E-state index contributed by atoms with van der Waals surface area (Å²) < 4.78 is 0. The fraction of sp³-hybridized carbons (Fsp3) is 1.00. The molecule has 0 saturated carbocycles. The molecule has 0 atom stereocenters. The van der Waals surface area contributed by atoms with Crippen LogP contribution in [0.25, 0.3) is 0 Å². The minimum absolute atomic E-state index is 0. The molecule has 0 aliphatic rings. The maximum Gasteiger partial charge on any atom is 1.00 e. The zero-order chi connectivity index (χ0) is 2.71. The second-order valence-corrected chi connectivity index (χ2v) is 0.577. The van der Waals surface area contributed by atoms with Crippen molar-refractivity contribution in [3.05, 3.63) is 0 Å². The van der Waals surface area contributed by atoms with Crippen molar-refractivity contribution in [2.45, 2.75) is 13.6 Å². The van der Waals surface area contributed by atoms with Crippen LogP contribution in [0.1, 0.15) is 1.43 Å². The number of hydrogen-bond donors (Lipinski definition) is 0. The van der Waals surface area contributed by atoms with E-state index in [0.717, 1.165) is 0 Å². The van der Waals surface area contributed by atoms with Crippen molar-refractivity contribution in [3.8, 4) is 0 Å². The third-order valence-corrected chi connectivity index (χ3v) is 0. The maximum absolute atomic E-state index is 2.00. The van der Waals surface area contributed by atoms with Crippen LogP contribution in [0.4, 0.5) is 0 Å². The molecule has 0 saturated heterocycles. The van der Waals surface area contributed by atoms with E-state index in [-0.39, 0.29) is 20.3 Å². The predicted octanol–water partition coefficient (Wildman–Crippen LogP) is -2.10. The van der Waals surface area contributed by atoms with Gasteiger partial charge in [0.15, 0.2) is 0 Å². The summed E-state index contributed by atoms with van der Waals surface area (Å²) in [5, 5.41) is 0. The molecule has 1 radical (unpaired) electrons.